The molecule has 0 radical (unpaired) electrons. The molecule has 118 valence electrons. The number of aryl methyl sites for hydroxylation is 1. The van der Waals surface area contributed by atoms with E-state index >= 15 is 0 Å². The largest absolute Gasteiger partial charge is 0.481 e. The Hall–Kier alpha value is -3.53. The number of nitrogens with zero attached hydrogens (tertiary/aromatic N) is 5. The molecule has 0 atom stereocenters. The molecule has 1 N–H and O–H groups in total. The van der Waals surface area contributed by atoms with Crippen LogP contribution in [0.15, 0.2) is 52.8 Å². The van der Waals surface area contributed by atoms with Gasteiger partial charge in [-0.1, -0.05) is 18.2 Å². The van der Waals surface area contributed by atoms with Crippen LogP contribution in [-0.4, -0.2) is 20.5 Å². The summed E-state index contributed by atoms with van der Waals surface area (Å²) in [4.78, 5) is 15.5. The molecule has 0 fully saturated rings. The third-order valence-electron chi connectivity index (χ3n) is 3.49. The van der Waals surface area contributed by atoms with Gasteiger partial charge >= 0.3 is 5.97 Å². The van der Waals surface area contributed by atoms with Crippen molar-refractivity contribution in [2.45, 2.75) is 13.3 Å². The monoisotopic (exact) mass is 319 g/mol. The Kier molecular flexibility index (Phi) is 4.03. The lowest BCUT2D eigenvalue weighted by Gasteiger charge is -1.99. The van der Waals surface area contributed by atoms with Gasteiger partial charge in [-0.3, -0.25) is 9.20 Å². The van der Waals surface area contributed by atoms with Gasteiger partial charge in [-0.05, 0) is 30.7 Å². The summed E-state index contributed by atoms with van der Waals surface area (Å²) >= 11 is 0. The zero-order valence-corrected chi connectivity index (χ0v) is 12.8. The van der Waals surface area contributed by atoms with Gasteiger partial charge in [0.15, 0.2) is 5.82 Å². The topological polar surface area (TPSA) is 103 Å². The number of azo groups is 1. The molecular formula is C17H13N5O2. The van der Waals surface area contributed by atoms with Crippen molar-refractivity contribution in [2.75, 3.05) is 0 Å². The predicted molar refractivity (Wildman–Crippen MR) is 86.6 cm³/mol. The van der Waals surface area contributed by atoms with E-state index in [2.05, 4.69) is 15.2 Å². The molecule has 0 amide bonds. The van der Waals surface area contributed by atoms with Crippen molar-refractivity contribution >= 4 is 23.1 Å². The van der Waals surface area contributed by atoms with Crippen molar-refractivity contribution in [3.63, 3.8) is 0 Å². The number of carboxylic acid groups (broad SMARTS) is 1. The van der Waals surface area contributed by atoms with Gasteiger partial charge in [0, 0.05) is 6.20 Å². The molecule has 2 aromatic heterocycles. The molecular weight excluding hydrogens is 306 g/mol. The molecule has 0 unspecified atom stereocenters. The van der Waals surface area contributed by atoms with Crippen LogP contribution in [0.3, 0.4) is 0 Å². The van der Waals surface area contributed by atoms with Crippen molar-refractivity contribution in [1.29, 1.82) is 5.26 Å². The molecule has 1 aromatic carbocycles. The molecule has 0 saturated heterocycles. The zero-order chi connectivity index (χ0) is 17.1. The van der Waals surface area contributed by atoms with Crippen molar-refractivity contribution in [3.8, 4) is 6.07 Å². The number of carboxylic acids is 1. The number of imidazole rings is 1. The number of aliphatic carboxylic acids is 1. The first-order valence-electron chi connectivity index (χ1n) is 7.19. The van der Waals surface area contributed by atoms with E-state index in [9.17, 15) is 4.79 Å². The van der Waals surface area contributed by atoms with Crippen LogP contribution >= 0.6 is 0 Å². The molecule has 2 heterocycles. The van der Waals surface area contributed by atoms with E-state index in [0.29, 0.717) is 28.4 Å². The summed E-state index contributed by atoms with van der Waals surface area (Å²) in [6.45, 7) is 1.89. The second kappa shape index (κ2) is 6.30. The van der Waals surface area contributed by atoms with E-state index in [1.165, 1.54) is 0 Å². The third-order valence-corrected chi connectivity index (χ3v) is 3.49. The first-order chi connectivity index (χ1) is 11.6. The summed E-state index contributed by atoms with van der Waals surface area (Å²) in [5.41, 5.74) is 2.68. The van der Waals surface area contributed by atoms with Crippen LogP contribution in [0, 0.1) is 18.3 Å². The number of hydrogen-bond acceptors (Lipinski definition) is 5. The predicted octanol–water partition coefficient (Wildman–Crippen LogP) is 3.56. The molecule has 0 saturated carbocycles. The average Bonchev–Trinajstić information content (AvgIpc) is 2.91. The highest BCUT2D eigenvalue weighted by Gasteiger charge is 2.16. The minimum atomic E-state index is -0.995. The summed E-state index contributed by atoms with van der Waals surface area (Å²) < 4.78 is 1.70. The second-order valence-electron chi connectivity index (χ2n) is 5.17. The molecule has 0 bridgehead atoms. The molecule has 7 heteroatoms. The fourth-order valence-electron chi connectivity index (χ4n) is 2.36. The fourth-order valence-corrected chi connectivity index (χ4v) is 2.36. The summed E-state index contributed by atoms with van der Waals surface area (Å²) in [5, 5.41) is 26.5. The van der Waals surface area contributed by atoms with Crippen LogP contribution < -0.4 is 0 Å². The van der Waals surface area contributed by atoms with E-state index < -0.39 is 5.97 Å². The Balaban J connectivity index is 2.14. The van der Waals surface area contributed by atoms with E-state index in [1.807, 2.05) is 25.1 Å². The zero-order valence-electron chi connectivity index (χ0n) is 12.8. The van der Waals surface area contributed by atoms with Crippen LogP contribution in [0.2, 0.25) is 0 Å². The van der Waals surface area contributed by atoms with Crippen molar-refractivity contribution in [3.05, 3.63) is 59.4 Å². The highest BCUT2D eigenvalue weighted by molar-refractivity contribution is 5.72. The highest BCUT2D eigenvalue weighted by atomic mass is 16.4. The van der Waals surface area contributed by atoms with Gasteiger partial charge in [0.05, 0.1) is 17.7 Å². The summed E-state index contributed by atoms with van der Waals surface area (Å²) in [7, 11) is 0. The van der Waals surface area contributed by atoms with Crippen LogP contribution in [0.25, 0.3) is 5.65 Å². The smallest absolute Gasteiger partial charge is 0.309 e. The maximum atomic E-state index is 11.1. The molecule has 0 aliphatic rings. The number of carbonyl (C=O) groups is 1. The minimum Gasteiger partial charge on any atom is -0.481 e. The van der Waals surface area contributed by atoms with Crippen molar-refractivity contribution in [2.24, 2.45) is 10.2 Å². The van der Waals surface area contributed by atoms with Gasteiger partial charge in [-0.2, -0.15) is 5.26 Å². The SMILES string of the molecule is Cc1cccn2c(N=Nc3ccccc3C#N)c(CC(=O)O)nc12. The summed E-state index contributed by atoms with van der Waals surface area (Å²) in [6, 6.07) is 12.6. The maximum absolute atomic E-state index is 11.1. The van der Waals surface area contributed by atoms with Gasteiger partial charge in [0.25, 0.3) is 0 Å². The normalized spacial score (nSPS) is 11.0. The lowest BCUT2D eigenvalue weighted by Crippen LogP contribution is -2.00. The van der Waals surface area contributed by atoms with Crippen LogP contribution in [0.5, 0.6) is 0 Å². The molecule has 3 aromatic rings. The van der Waals surface area contributed by atoms with E-state index in [-0.39, 0.29) is 6.42 Å². The summed E-state index contributed by atoms with van der Waals surface area (Å²) in [5.74, 6) is -0.645. The Bertz CT molecular complexity index is 998. The Morgan fingerprint density at radius 2 is 2.08 bits per heavy atom. The molecule has 7 nitrogen and oxygen atoms in total. The Morgan fingerprint density at radius 1 is 1.29 bits per heavy atom. The van der Waals surface area contributed by atoms with Gasteiger partial charge in [0.2, 0.25) is 0 Å². The van der Waals surface area contributed by atoms with Gasteiger partial charge < -0.3 is 5.11 Å². The van der Waals surface area contributed by atoms with E-state index in [1.54, 1.807) is 34.9 Å². The van der Waals surface area contributed by atoms with Gasteiger partial charge in [-0.15, -0.1) is 10.2 Å². The Labute approximate surface area is 137 Å². The highest BCUT2D eigenvalue weighted by Crippen LogP contribution is 2.27. The molecule has 0 aliphatic heterocycles. The number of fused-ring (bicyclic) bond motifs is 1. The van der Waals surface area contributed by atoms with Gasteiger partial charge in [-0.25, -0.2) is 4.98 Å². The van der Waals surface area contributed by atoms with Crippen LogP contribution in [-0.2, 0) is 11.2 Å². The number of aromatic nitrogens is 2. The number of hydrogen-bond donors (Lipinski definition) is 1. The summed E-state index contributed by atoms with van der Waals surface area (Å²) in [6.07, 6.45) is 1.50. The molecule has 0 aliphatic carbocycles. The lowest BCUT2D eigenvalue weighted by atomic mass is 10.2. The maximum Gasteiger partial charge on any atom is 0.309 e. The van der Waals surface area contributed by atoms with Crippen LogP contribution in [0.1, 0.15) is 16.8 Å². The number of nitriles is 1. The second-order valence-corrected chi connectivity index (χ2v) is 5.17. The average molecular weight is 319 g/mol. The number of rotatable bonds is 4. The number of pyridine rings is 1. The molecule has 24 heavy (non-hydrogen) atoms. The third kappa shape index (κ3) is 2.85. The molecule has 0 spiro atoms. The quantitative estimate of drug-likeness (QED) is 0.742. The lowest BCUT2D eigenvalue weighted by molar-refractivity contribution is -0.136. The van der Waals surface area contributed by atoms with E-state index in [4.69, 9.17) is 10.4 Å². The molecule has 3 rings (SSSR count). The first kappa shape index (κ1) is 15.4. The minimum absolute atomic E-state index is 0.255. The number of benzene rings is 1. The standard InChI is InChI=1S/C17H13N5O2/c1-11-5-4-8-22-16(11)19-14(9-15(23)24)17(22)21-20-13-7-3-2-6-12(13)10-18/h2-8H,9H2,1H3,(H,23,24). The van der Waals surface area contributed by atoms with Crippen molar-refractivity contribution in [1.82, 2.24) is 9.38 Å². The fraction of sp³-hybridized carbons (Fsp3) is 0.118. The van der Waals surface area contributed by atoms with Gasteiger partial charge in [0.1, 0.15) is 17.4 Å². The van der Waals surface area contributed by atoms with Crippen LogP contribution in [0.4, 0.5) is 11.5 Å². The van der Waals surface area contributed by atoms with E-state index in [0.717, 1.165) is 5.56 Å². The van der Waals surface area contributed by atoms with Crippen molar-refractivity contribution < 1.29 is 9.90 Å². The Morgan fingerprint density at radius 3 is 2.83 bits per heavy atom. The first-order valence-corrected chi connectivity index (χ1v) is 7.19.